The van der Waals surface area contributed by atoms with Crippen LogP contribution in [0.15, 0.2) is 12.2 Å². The summed E-state index contributed by atoms with van der Waals surface area (Å²) in [4.78, 5) is 0. The topological polar surface area (TPSA) is 12.0 Å². The Labute approximate surface area is 73.6 Å². The fraction of sp³-hybridized carbons (Fsp3) is 0.778. The van der Waals surface area contributed by atoms with E-state index in [2.05, 4.69) is 29.2 Å². The molecule has 1 saturated heterocycles. The summed E-state index contributed by atoms with van der Waals surface area (Å²) in [6.45, 7) is 1.01. The molecular formula is C9H17NS. The van der Waals surface area contributed by atoms with Crippen LogP contribution >= 0.6 is 11.8 Å². The number of thioether (sulfide) groups is 1. The third kappa shape index (κ3) is 3.82. The Morgan fingerprint density at radius 2 is 2.45 bits per heavy atom. The highest BCUT2D eigenvalue weighted by Gasteiger charge is 2.12. The fourth-order valence-corrected chi connectivity index (χ4v) is 2.53. The maximum absolute atomic E-state index is 3.10. The van der Waals surface area contributed by atoms with Crippen molar-refractivity contribution in [2.75, 3.05) is 19.3 Å². The molecule has 1 aliphatic heterocycles. The zero-order valence-corrected chi connectivity index (χ0v) is 7.99. The highest BCUT2D eigenvalue weighted by Crippen LogP contribution is 2.28. The minimum absolute atomic E-state index is 0.920. The normalized spacial score (nSPS) is 25.0. The van der Waals surface area contributed by atoms with Crippen molar-refractivity contribution in [1.82, 2.24) is 5.32 Å². The van der Waals surface area contributed by atoms with Crippen molar-refractivity contribution in [3.8, 4) is 0 Å². The lowest BCUT2D eigenvalue weighted by atomic mass is 10.2. The van der Waals surface area contributed by atoms with Gasteiger partial charge in [0.2, 0.25) is 0 Å². The minimum Gasteiger partial charge on any atom is -0.316 e. The van der Waals surface area contributed by atoms with Crippen molar-refractivity contribution in [3.05, 3.63) is 12.2 Å². The summed E-state index contributed by atoms with van der Waals surface area (Å²) < 4.78 is 0. The lowest BCUT2D eigenvalue weighted by molar-refractivity contribution is 0.788. The molecule has 0 spiro atoms. The van der Waals surface area contributed by atoms with Crippen LogP contribution in [0.3, 0.4) is 0 Å². The van der Waals surface area contributed by atoms with Crippen molar-refractivity contribution in [1.29, 1.82) is 0 Å². The standard InChI is InChI=1S/C9H17NS/c1-10-7-3-2-5-9-6-4-8-11-9/h2-3,9-10H,4-8H2,1H3/b3-2-. The minimum atomic E-state index is 0.920. The smallest absolute Gasteiger partial charge is 0.0131 e. The number of hydrogen-bond donors (Lipinski definition) is 1. The van der Waals surface area contributed by atoms with E-state index in [9.17, 15) is 0 Å². The van der Waals surface area contributed by atoms with Gasteiger partial charge in [-0.05, 0) is 32.1 Å². The summed E-state index contributed by atoms with van der Waals surface area (Å²) >= 11 is 2.13. The van der Waals surface area contributed by atoms with Crippen LogP contribution in [0.25, 0.3) is 0 Å². The van der Waals surface area contributed by atoms with Crippen molar-refractivity contribution in [3.63, 3.8) is 0 Å². The fourth-order valence-electron chi connectivity index (χ4n) is 1.28. The van der Waals surface area contributed by atoms with Crippen LogP contribution in [0, 0.1) is 0 Å². The molecule has 1 fully saturated rings. The molecule has 0 aromatic heterocycles. The molecule has 1 aliphatic rings. The van der Waals surface area contributed by atoms with Gasteiger partial charge < -0.3 is 5.32 Å². The van der Waals surface area contributed by atoms with Gasteiger partial charge in [-0.2, -0.15) is 11.8 Å². The molecule has 2 heteroatoms. The van der Waals surface area contributed by atoms with E-state index in [4.69, 9.17) is 0 Å². The second-order valence-corrected chi connectivity index (χ2v) is 4.31. The van der Waals surface area contributed by atoms with E-state index in [-0.39, 0.29) is 0 Å². The lowest BCUT2D eigenvalue weighted by Crippen LogP contribution is -2.04. The van der Waals surface area contributed by atoms with Gasteiger partial charge in [-0.1, -0.05) is 12.2 Å². The van der Waals surface area contributed by atoms with Crippen LogP contribution in [0.4, 0.5) is 0 Å². The van der Waals surface area contributed by atoms with Crippen molar-refractivity contribution in [2.45, 2.75) is 24.5 Å². The summed E-state index contributed by atoms with van der Waals surface area (Å²) in [5, 5.41) is 4.02. The van der Waals surface area contributed by atoms with E-state index < -0.39 is 0 Å². The Balaban J connectivity index is 2.01. The van der Waals surface area contributed by atoms with Gasteiger partial charge in [-0.15, -0.1) is 0 Å². The number of rotatable bonds is 4. The molecule has 1 nitrogen and oxygen atoms in total. The summed E-state index contributed by atoms with van der Waals surface area (Å²) in [7, 11) is 1.98. The van der Waals surface area contributed by atoms with Gasteiger partial charge in [0.05, 0.1) is 0 Å². The predicted molar refractivity (Wildman–Crippen MR) is 53.2 cm³/mol. The molecule has 1 N–H and O–H groups in total. The molecule has 0 bridgehead atoms. The number of hydrogen-bond acceptors (Lipinski definition) is 2. The van der Waals surface area contributed by atoms with E-state index in [1.54, 1.807) is 0 Å². The van der Waals surface area contributed by atoms with Crippen LogP contribution in [0.1, 0.15) is 19.3 Å². The first-order valence-corrected chi connectivity index (χ1v) is 5.39. The molecule has 1 atom stereocenters. The summed E-state index contributed by atoms with van der Waals surface area (Å²) in [5.41, 5.74) is 0. The summed E-state index contributed by atoms with van der Waals surface area (Å²) in [5.74, 6) is 1.38. The van der Waals surface area contributed by atoms with Gasteiger partial charge in [0.15, 0.2) is 0 Å². The first kappa shape index (κ1) is 9.14. The molecule has 1 heterocycles. The first-order valence-electron chi connectivity index (χ1n) is 4.34. The summed E-state index contributed by atoms with van der Waals surface area (Å²) in [6.07, 6.45) is 8.65. The first-order chi connectivity index (χ1) is 5.43. The number of likely N-dealkylation sites (N-methyl/N-ethyl adjacent to an activating group) is 1. The molecule has 0 aromatic carbocycles. The highest BCUT2D eigenvalue weighted by atomic mass is 32.2. The van der Waals surface area contributed by atoms with Gasteiger partial charge in [0.1, 0.15) is 0 Å². The molecule has 1 rings (SSSR count). The molecule has 64 valence electrons. The maximum Gasteiger partial charge on any atom is 0.0131 e. The van der Waals surface area contributed by atoms with Gasteiger partial charge in [-0.25, -0.2) is 0 Å². The Morgan fingerprint density at radius 3 is 3.09 bits per heavy atom. The van der Waals surface area contributed by atoms with Gasteiger partial charge in [0, 0.05) is 11.8 Å². The molecule has 0 aromatic rings. The Bertz CT molecular complexity index is 117. The van der Waals surface area contributed by atoms with Crippen LogP contribution in [-0.4, -0.2) is 24.6 Å². The van der Waals surface area contributed by atoms with E-state index >= 15 is 0 Å². The van der Waals surface area contributed by atoms with E-state index in [0.717, 1.165) is 11.8 Å². The number of allylic oxidation sites excluding steroid dienone is 1. The zero-order chi connectivity index (χ0) is 7.94. The Morgan fingerprint density at radius 1 is 1.55 bits per heavy atom. The SMILES string of the molecule is CNC/C=C\CC1CCCS1. The molecular weight excluding hydrogens is 154 g/mol. The molecule has 1 unspecified atom stereocenters. The summed E-state index contributed by atoms with van der Waals surface area (Å²) in [6, 6.07) is 0. The lowest BCUT2D eigenvalue weighted by Gasteiger charge is -2.02. The monoisotopic (exact) mass is 171 g/mol. The predicted octanol–water partition coefficient (Wildman–Crippen LogP) is 2.05. The molecule has 0 amide bonds. The average molecular weight is 171 g/mol. The van der Waals surface area contributed by atoms with Gasteiger partial charge in [-0.3, -0.25) is 0 Å². The molecule has 0 aliphatic carbocycles. The third-order valence-corrected chi connectivity index (χ3v) is 3.34. The van der Waals surface area contributed by atoms with Crippen LogP contribution in [0.2, 0.25) is 0 Å². The Hall–Kier alpha value is 0.0500. The molecule has 0 radical (unpaired) electrons. The van der Waals surface area contributed by atoms with E-state index in [1.807, 2.05) is 7.05 Å². The van der Waals surface area contributed by atoms with Gasteiger partial charge >= 0.3 is 0 Å². The molecule has 0 saturated carbocycles. The van der Waals surface area contributed by atoms with E-state index in [1.165, 1.54) is 25.0 Å². The second kappa shape index (κ2) is 5.67. The van der Waals surface area contributed by atoms with Crippen LogP contribution < -0.4 is 5.32 Å². The van der Waals surface area contributed by atoms with Crippen LogP contribution in [0.5, 0.6) is 0 Å². The maximum atomic E-state index is 3.10. The van der Waals surface area contributed by atoms with Crippen molar-refractivity contribution in [2.24, 2.45) is 0 Å². The van der Waals surface area contributed by atoms with E-state index in [0.29, 0.717) is 0 Å². The largest absolute Gasteiger partial charge is 0.316 e. The number of nitrogens with one attached hydrogen (secondary N) is 1. The van der Waals surface area contributed by atoms with Gasteiger partial charge in [0.25, 0.3) is 0 Å². The quantitative estimate of drug-likeness (QED) is 0.650. The molecule has 11 heavy (non-hydrogen) atoms. The third-order valence-electron chi connectivity index (χ3n) is 1.91. The average Bonchev–Trinajstić information content (AvgIpc) is 2.50. The van der Waals surface area contributed by atoms with Crippen molar-refractivity contribution >= 4 is 11.8 Å². The second-order valence-electron chi connectivity index (χ2n) is 2.90. The highest BCUT2D eigenvalue weighted by molar-refractivity contribution is 8.00. The van der Waals surface area contributed by atoms with Crippen LogP contribution in [-0.2, 0) is 0 Å². The Kier molecular flexibility index (Phi) is 4.71. The zero-order valence-electron chi connectivity index (χ0n) is 7.18. The van der Waals surface area contributed by atoms with Crippen molar-refractivity contribution < 1.29 is 0 Å².